The molecule has 1 saturated heterocycles. The van der Waals surface area contributed by atoms with Crippen molar-refractivity contribution >= 4 is 17.0 Å². The van der Waals surface area contributed by atoms with E-state index in [1.807, 2.05) is 71.4 Å². The number of hydrogen-bond donors (Lipinski definition) is 2. The van der Waals surface area contributed by atoms with Crippen molar-refractivity contribution in [1.29, 1.82) is 0 Å². The quantitative estimate of drug-likeness (QED) is 0.278. The molecule has 9 heteroatoms. The Morgan fingerprint density at radius 3 is 2.74 bits per heavy atom. The fourth-order valence-corrected chi connectivity index (χ4v) is 4.59. The van der Waals surface area contributed by atoms with Crippen LogP contribution in [0, 0.1) is 0 Å². The number of nitrogens with zero attached hydrogens (tertiary/aromatic N) is 2. The number of rotatable bonds is 10. The Balaban J connectivity index is 1.26. The highest BCUT2D eigenvalue weighted by atomic mass is 19.1. The summed E-state index contributed by atoms with van der Waals surface area (Å²) in [6.45, 7) is 0.265. The molecule has 39 heavy (non-hydrogen) atoms. The molecule has 2 heterocycles. The molecule has 1 unspecified atom stereocenters. The van der Waals surface area contributed by atoms with Crippen LogP contribution in [0.4, 0.5) is 9.18 Å². The zero-order valence-corrected chi connectivity index (χ0v) is 21.6. The summed E-state index contributed by atoms with van der Waals surface area (Å²) < 4.78 is 33.3. The number of fused-ring (bicyclic) bond motifs is 1. The van der Waals surface area contributed by atoms with Gasteiger partial charge in [-0.25, -0.2) is 13.9 Å². The highest BCUT2D eigenvalue weighted by Gasteiger charge is 2.22. The molecule has 1 aromatic heterocycles. The highest BCUT2D eigenvalue weighted by molar-refractivity contribution is 5.94. The van der Waals surface area contributed by atoms with Crippen LogP contribution < -0.4 is 10.1 Å². The van der Waals surface area contributed by atoms with E-state index in [0.717, 1.165) is 52.5 Å². The lowest BCUT2D eigenvalue weighted by atomic mass is 10.1. The predicted molar refractivity (Wildman–Crippen MR) is 145 cm³/mol. The van der Waals surface area contributed by atoms with E-state index >= 15 is 0 Å². The van der Waals surface area contributed by atoms with Crippen LogP contribution in [0.25, 0.3) is 22.2 Å². The Bertz CT molecular complexity index is 1390. The van der Waals surface area contributed by atoms with Crippen molar-refractivity contribution in [2.45, 2.75) is 44.9 Å². The monoisotopic (exact) mass is 533 g/mol. The third-order valence-electron chi connectivity index (χ3n) is 6.60. The minimum Gasteiger partial charge on any atom is -0.490 e. The van der Waals surface area contributed by atoms with Gasteiger partial charge in [-0.1, -0.05) is 48.5 Å². The number of alkyl carbamates (subject to hydrolysis) is 1. The summed E-state index contributed by atoms with van der Waals surface area (Å²) in [6.07, 6.45) is 0.692. The Hall–Kier alpha value is -3.95. The molecule has 204 valence electrons. The maximum absolute atomic E-state index is 14.5. The molecule has 0 saturated carbocycles. The number of ether oxygens (including phenoxy) is 3. The molecule has 5 rings (SSSR count). The Morgan fingerprint density at radius 2 is 1.95 bits per heavy atom. The molecular weight excluding hydrogens is 501 g/mol. The molecule has 2 N–H and O–H groups in total. The highest BCUT2D eigenvalue weighted by Crippen LogP contribution is 2.35. The maximum atomic E-state index is 14.5. The van der Waals surface area contributed by atoms with Gasteiger partial charge in [0.2, 0.25) is 0 Å². The molecule has 1 aliphatic heterocycles. The van der Waals surface area contributed by atoms with E-state index in [1.54, 1.807) is 6.07 Å². The van der Waals surface area contributed by atoms with Crippen molar-refractivity contribution < 1.29 is 28.5 Å². The summed E-state index contributed by atoms with van der Waals surface area (Å²) >= 11 is 0. The fourth-order valence-electron chi connectivity index (χ4n) is 4.59. The van der Waals surface area contributed by atoms with Crippen molar-refractivity contribution in [3.8, 4) is 17.0 Å². The number of nitrogens with one attached hydrogen (secondary N) is 1. The number of aliphatic hydroxyl groups is 1. The van der Waals surface area contributed by atoms with Crippen LogP contribution in [0.15, 0.2) is 72.8 Å². The van der Waals surface area contributed by atoms with Gasteiger partial charge in [0.05, 0.1) is 18.7 Å². The predicted octanol–water partition coefficient (Wildman–Crippen LogP) is 5.54. The lowest BCUT2D eigenvalue weighted by molar-refractivity contribution is -0.0365. The first-order chi connectivity index (χ1) is 19.1. The number of aliphatic hydroxyl groups excluding tert-OH is 1. The van der Waals surface area contributed by atoms with Crippen LogP contribution in [-0.4, -0.2) is 46.9 Å². The number of hydrogen-bond acceptors (Lipinski definition) is 6. The van der Waals surface area contributed by atoms with Crippen LogP contribution in [0.5, 0.6) is 5.75 Å². The number of benzene rings is 3. The van der Waals surface area contributed by atoms with Crippen molar-refractivity contribution in [1.82, 2.24) is 15.1 Å². The van der Waals surface area contributed by atoms with Gasteiger partial charge in [0.1, 0.15) is 24.7 Å². The summed E-state index contributed by atoms with van der Waals surface area (Å²) in [4.78, 5) is 11.9. The summed E-state index contributed by atoms with van der Waals surface area (Å²) in [6, 6.07) is 22.4. The molecule has 1 amide bonds. The van der Waals surface area contributed by atoms with E-state index in [-0.39, 0.29) is 32.6 Å². The van der Waals surface area contributed by atoms with Gasteiger partial charge in [-0.3, -0.25) is 0 Å². The molecule has 0 aliphatic carbocycles. The lowest BCUT2D eigenvalue weighted by Crippen LogP contribution is -2.33. The minimum atomic E-state index is -1.43. The number of alkyl halides is 1. The minimum absolute atomic E-state index is 0.0711. The van der Waals surface area contributed by atoms with Gasteiger partial charge in [-0.15, -0.1) is 0 Å². The summed E-state index contributed by atoms with van der Waals surface area (Å²) in [5.74, 6) is 0.487. The standard InChI is InChI=1S/C30H32FN3O5/c31-24(17-32-30(36)39-19-21-7-2-1-3-8-21)20-38-25-12-13-27-26(16-25)29(23-10-6-9-22(15-23)18-35)33-34(27)28-11-4-5-14-37-28/h1-3,6-10,12-13,15-16,24,28,35H,4-5,11,14,17-20H2,(H,32,36)/t24-,28?/m1/s1. The SMILES string of the molecule is O=C(NC[C@@H](F)COc1ccc2c(c1)c(-c1cccc(CO)c1)nn2C1CCCCO1)OCc1ccccc1. The van der Waals surface area contributed by atoms with Gasteiger partial charge in [0.15, 0.2) is 12.4 Å². The summed E-state index contributed by atoms with van der Waals surface area (Å²) in [5.41, 5.74) is 4.12. The van der Waals surface area contributed by atoms with E-state index in [2.05, 4.69) is 5.32 Å². The van der Waals surface area contributed by atoms with Gasteiger partial charge in [0.25, 0.3) is 0 Å². The zero-order valence-electron chi connectivity index (χ0n) is 21.6. The van der Waals surface area contributed by atoms with E-state index in [1.165, 1.54) is 0 Å². The second-order valence-corrected chi connectivity index (χ2v) is 9.50. The molecular formula is C30H32FN3O5. The third kappa shape index (κ3) is 6.74. The van der Waals surface area contributed by atoms with E-state index in [9.17, 15) is 14.3 Å². The normalized spacial score (nSPS) is 16.1. The second kappa shape index (κ2) is 12.7. The Labute approximate surface area is 226 Å². The van der Waals surface area contributed by atoms with Crippen molar-refractivity contribution in [3.05, 3.63) is 83.9 Å². The molecule has 8 nitrogen and oxygen atoms in total. The maximum Gasteiger partial charge on any atom is 0.407 e. The average Bonchev–Trinajstić information content (AvgIpc) is 3.38. The van der Waals surface area contributed by atoms with E-state index in [0.29, 0.717) is 12.4 Å². The number of carbonyl (C=O) groups is 1. The number of halogens is 1. The molecule has 0 radical (unpaired) electrons. The zero-order chi connectivity index (χ0) is 27.0. The van der Waals surface area contributed by atoms with Crippen molar-refractivity contribution in [2.75, 3.05) is 19.8 Å². The lowest BCUT2D eigenvalue weighted by Gasteiger charge is -2.23. The Kier molecular flexibility index (Phi) is 8.70. The number of carbonyl (C=O) groups excluding carboxylic acids is 1. The molecule has 2 atom stereocenters. The second-order valence-electron chi connectivity index (χ2n) is 9.50. The van der Waals surface area contributed by atoms with Crippen molar-refractivity contribution in [2.24, 2.45) is 0 Å². The van der Waals surface area contributed by atoms with Gasteiger partial charge in [-0.2, -0.15) is 5.10 Å². The van der Waals surface area contributed by atoms with Crippen LogP contribution in [0.1, 0.15) is 36.6 Å². The smallest absolute Gasteiger partial charge is 0.407 e. The molecule has 4 aromatic rings. The fraction of sp³-hybridized carbons (Fsp3) is 0.333. The third-order valence-corrected chi connectivity index (χ3v) is 6.60. The van der Waals surface area contributed by atoms with Gasteiger partial charge >= 0.3 is 6.09 Å². The Morgan fingerprint density at radius 1 is 1.10 bits per heavy atom. The van der Waals surface area contributed by atoms with Gasteiger partial charge in [-0.05, 0) is 54.7 Å². The molecule has 0 spiro atoms. The number of aromatic nitrogens is 2. The summed E-state index contributed by atoms with van der Waals surface area (Å²) in [5, 5.41) is 17.8. The molecule has 3 aromatic carbocycles. The van der Waals surface area contributed by atoms with Crippen LogP contribution in [0.3, 0.4) is 0 Å². The van der Waals surface area contributed by atoms with Gasteiger partial charge < -0.3 is 24.6 Å². The average molecular weight is 534 g/mol. The topological polar surface area (TPSA) is 94.8 Å². The van der Waals surface area contributed by atoms with E-state index in [4.69, 9.17) is 19.3 Å². The molecule has 0 bridgehead atoms. The first-order valence-corrected chi connectivity index (χ1v) is 13.2. The summed E-state index contributed by atoms with van der Waals surface area (Å²) in [7, 11) is 0. The largest absolute Gasteiger partial charge is 0.490 e. The van der Waals surface area contributed by atoms with Crippen LogP contribution in [-0.2, 0) is 22.7 Å². The van der Waals surface area contributed by atoms with Crippen LogP contribution in [0.2, 0.25) is 0 Å². The van der Waals surface area contributed by atoms with Gasteiger partial charge in [0, 0.05) is 17.6 Å². The molecule has 1 aliphatic rings. The number of amides is 1. The van der Waals surface area contributed by atoms with Crippen molar-refractivity contribution in [3.63, 3.8) is 0 Å². The van der Waals surface area contributed by atoms with E-state index < -0.39 is 12.3 Å². The first kappa shape index (κ1) is 26.6. The first-order valence-electron chi connectivity index (χ1n) is 13.2. The molecule has 1 fully saturated rings. The van der Waals surface area contributed by atoms with Crippen LogP contribution >= 0.6 is 0 Å².